The number of hydrogen-bond donors (Lipinski definition) is 2. The number of terminal acetylenes is 1. The summed E-state index contributed by atoms with van der Waals surface area (Å²) in [4.78, 5) is 17.1. The Labute approximate surface area is 131 Å². The van der Waals surface area contributed by atoms with Gasteiger partial charge in [0.25, 0.3) is 0 Å². The van der Waals surface area contributed by atoms with E-state index in [1.807, 2.05) is 6.92 Å². The molecule has 0 aliphatic heterocycles. The Balaban J connectivity index is 1.97. The molecule has 1 aromatic heterocycles. The number of hydrogen-bond acceptors (Lipinski definition) is 4. The summed E-state index contributed by atoms with van der Waals surface area (Å²) in [6.07, 6.45) is 6.85. The van der Waals surface area contributed by atoms with Crippen LogP contribution in [-0.2, 0) is 6.54 Å². The van der Waals surface area contributed by atoms with Crippen LogP contribution in [0, 0.1) is 25.1 Å². The fourth-order valence-electron chi connectivity index (χ4n) is 1.64. The fraction of sp³-hybridized carbons (Fsp3) is 0.200. The van der Waals surface area contributed by atoms with Crippen molar-refractivity contribution in [1.82, 2.24) is 10.3 Å². The predicted molar refractivity (Wildman–Crippen MR) is 83.4 cm³/mol. The molecule has 1 aromatic carbocycles. The SMILES string of the molecule is C#CCOc1cc(F)ccc1NC(=O)NCc1ncc(C)s1. The molecule has 2 rings (SSSR count). The number of rotatable bonds is 5. The van der Waals surface area contributed by atoms with Gasteiger partial charge < -0.3 is 15.4 Å². The van der Waals surface area contributed by atoms with Crippen LogP contribution in [0.3, 0.4) is 0 Å². The zero-order valence-electron chi connectivity index (χ0n) is 11.9. The van der Waals surface area contributed by atoms with Gasteiger partial charge in [-0.3, -0.25) is 0 Å². The third-order valence-corrected chi connectivity index (χ3v) is 3.48. The molecule has 0 radical (unpaired) electrons. The van der Waals surface area contributed by atoms with Gasteiger partial charge in [-0.2, -0.15) is 0 Å². The molecule has 2 aromatic rings. The second-order valence-corrected chi connectivity index (χ2v) is 5.62. The Hall–Kier alpha value is -2.59. The number of nitrogens with zero attached hydrogens (tertiary/aromatic N) is 1. The van der Waals surface area contributed by atoms with Crippen molar-refractivity contribution in [2.24, 2.45) is 0 Å². The molecular weight excluding hydrogens is 305 g/mol. The molecule has 2 amide bonds. The molecule has 0 atom stereocenters. The van der Waals surface area contributed by atoms with E-state index in [0.717, 1.165) is 16.0 Å². The molecule has 5 nitrogen and oxygen atoms in total. The number of thiazole rings is 1. The number of aryl methyl sites for hydroxylation is 1. The highest BCUT2D eigenvalue weighted by Gasteiger charge is 2.09. The van der Waals surface area contributed by atoms with E-state index in [2.05, 4.69) is 21.5 Å². The molecule has 114 valence electrons. The largest absolute Gasteiger partial charge is 0.479 e. The number of carbonyl (C=O) groups is 1. The van der Waals surface area contributed by atoms with Crippen molar-refractivity contribution >= 4 is 23.1 Å². The van der Waals surface area contributed by atoms with Crippen LogP contribution in [0.1, 0.15) is 9.88 Å². The minimum absolute atomic E-state index is 0.0157. The molecule has 1 heterocycles. The van der Waals surface area contributed by atoms with E-state index in [-0.39, 0.29) is 12.4 Å². The van der Waals surface area contributed by atoms with E-state index in [4.69, 9.17) is 11.2 Å². The number of anilines is 1. The van der Waals surface area contributed by atoms with E-state index >= 15 is 0 Å². The van der Waals surface area contributed by atoms with E-state index in [0.29, 0.717) is 12.2 Å². The smallest absolute Gasteiger partial charge is 0.319 e. The van der Waals surface area contributed by atoms with E-state index in [1.54, 1.807) is 6.20 Å². The molecular formula is C15H14FN3O2S. The molecule has 7 heteroatoms. The maximum Gasteiger partial charge on any atom is 0.319 e. The Morgan fingerprint density at radius 2 is 2.36 bits per heavy atom. The van der Waals surface area contributed by atoms with Gasteiger partial charge in [0.2, 0.25) is 0 Å². The molecule has 0 aliphatic rings. The Morgan fingerprint density at radius 3 is 3.05 bits per heavy atom. The van der Waals surface area contributed by atoms with E-state index in [1.165, 1.54) is 23.5 Å². The van der Waals surface area contributed by atoms with Gasteiger partial charge in [-0.15, -0.1) is 17.8 Å². The minimum Gasteiger partial charge on any atom is -0.479 e. The van der Waals surface area contributed by atoms with Crippen molar-refractivity contribution in [2.75, 3.05) is 11.9 Å². The number of urea groups is 1. The molecule has 0 spiro atoms. The van der Waals surface area contributed by atoms with E-state index in [9.17, 15) is 9.18 Å². The number of halogens is 1. The van der Waals surface area contributed by atoms with Crippen LogP contribution in [0.4, 0.5) is 14.9 Å². The number of ether oxygens (including phenoxy) is 1. The van der Waals surface area contributed by atoms with Crippen molar-refractivity contribution in [3.63, 3.8) is 0 Å². The van der Waals surface area contributed by atoms with Gasteiger partial charge in [-0.1, -0.05) is 5.92 Å². The van der Waals surface area contributed by atoms with Gasteiger partial charge in [-0.25, -0.2) is 14.2 Å². The zero-order chi connectivity index (χ0) is 15.9. The average molecular weight is 319 g/mol. The van der Waals surface area contributed by atoms with Crippen LogP contribution in [0.2, 0.25) is 0 Å². The van der Waals surface area contributed by atoms with Crippen LogP contribution in [0.25, 0.3) is 0 Å². The molecule has 0 saturated heterocycles. The zero-order valence-corrected chi connectivity index (χ0v) is 12.7. The molecule has 22 heavy (non-hydrogen) atoms. The highest BCUT2D eigenvalue weighted by atomic mass is 32.1. The first-order valence-corrected chi connectivity index (χ1v) is 7.22. The second kappa shape index (κ2) is 7.43. The quantitative estimate of drug-likeness (QED) is 0.833. The van der Waals surface area contributed by atoms with Gasteiger partial charge in [0.1, 0.15) is 23.2 Å². The van der Waals surface area contributed by atoms with Crippen LogP contribution in [0.5, 0.6) is 5.75 Å². The standard InChI is InChI=1S/C15H14FN3O2S/c1-3-6-21-13-7-11(16)4-5-12(13)19-15(20)18-9-14-17-8-10(2)22-14/h1,4-5,7-8H,6,9H2,2H3,(H2,18,19,20). The summed E-state index contributed by atoms with van der Waals surface area (Å²) in [5.41, 5.74) is 0.337. The summed E-state index contributed by atoms with van der Waals surface area (Å²) in [6, 6.07) is 3.36. The first-order chi connectivity index (χ1) is 10.6. The van der Waals surface area contributed by atoms with E-state index < -0.39 is 11.8 Å². The van der Waals surface area contributed by atoms with Gasteiger partial charge in [0.05, 0.1) is 12.2 Å². The van der Waals surface area contributed by atoms with Gasteiger partial charge >= 0.3 is 6.03 Å². The molecule has 0 fully saturated rings. The molecule has 0 aliphatic carbocycles. The topological polar surface area (TPSA) is 63.2 Å². The van der Waals surface area contributed by atoms with Crippen LogP contribution < -0.4 is 15.4 Å². The third-order valence-electron chi connectivity index (χ3n) is 2.57. The lowest BCUT2D eigenvalue weighted by molar-refractivity contribution is 0.251. The summed E-state index contributed by atoms with van der Waals surface area (Å²) >= 11 is 1.50. The summed E-state index contributed by atoms with van der Waals surface area (Å²) in [6.45, 7) is 2.24. The van der Waals surface area contributed by atoms with Crippen molar-refractivity contribution < 1.29 is 13.9 Å². The molecule has 2 N–H and O–H groups in total. The maximum atomic E-state index is 13.2. The van der Waals surface area contributed by atoms with Crippen molar-refractivity contribution in [2.45, 2.75) is 13.5 Å². The third kappa shape index (κ3) is 4.46. The molecule has 0 saturated carbocycles. The second-order valence-electron chi connectivity index (χ2n) is 4.31. The van der Waals surface area contributed by atoms with Gasteiger partial charge in [-0.05, 0) is 19.1 Å². The number of nitrogens with one attached hydrogen (secondary N) is 2. The maximum absolute atomic E-state index is 13.2. The highest BCUT2D eigenvalue weighted by molar-refractivity contribution is 7.11. The Kier molecular flexibility index (Phi) is 5.33. The monoisotopic (exact) mass is 319 g/mol. The Bertz CT molecular complexity index is 709. The predicted octanol–water partition coefficient (Wildman–Crippen LogP) is 2.92. The van der Waals surface area contributed by atoms with Crippen LogP contribution >= 0.6 is 11.3 Å². The van der Waals surface area contributed by atoms with Gasteiger partial charge in [0.15, 0.2) is 0 Å². The normalized spacial score (nSPS) is 9.86. The number of carbonyl (C=O) groups excluding carboxylic acids is 1. The fourth-order valence-corrected chi connectivity index (χ4v) is 2.37. The van der Waals surface area contributed by atoms with Crippen LogP contribution in [-0.4, -0.2) is 17.6 Å². The summed E-state index contributed by atoms with van der Waals surface area (Å²) < 4.78 is 18.4. The average Bonchev–Trinajstić information content (AvgIpc) is 2.91. The van der Waals surface area contributed by atoms with Crippen molar-refractivity contribution in [3.05, 3.63) is 40.1 Å². The first kappa shape index (κ1) is 15.8. The molecule has 0 unspecified atom stereocenters. The lowest BCUT2D eigenvalue weighted by Gasteiger charge is -2.11. The summed E-state index contributed by atoms with van der Waals surface area (Å²) in [5, 5.41) is 6.06. The number of amides is 2. The Morgan fingerprint density at radius 1 is 1.55 bits per heavy atom. The van der Waals surface area contributed by atoms with Crippen molar-refractivity contribution in [1.29, 1.82) is 0 Å². The first-order valence-electron chi connectivity index (χ1n) is 6.40. The molecule has 0 bridgehead atoms. The lowest BCUT2D eigenvalue weighted by atomic mass is 10.3. The number of benzene rings is 1. The minimum atomic E-state index is -0.476. The highest BCUT2D eigenvalue weighted by Crippen LogP contribution is 2.25. The summed E-state index contributed by atoms with van der Waals surface area (Å²) in [7, 11) is 0. The van der Waals surface area contributed by atoms with Crippen LogP contribution in [0.15, 0.2) is 24.4 Å². The number of aromatic nitrogens is 1. The van der Waals surface area contributed by atoms with Crippen molar-refractivity contribution in [3.8, 4) is 18.1 Å². The lowest BCUT2D eigenvalue weighted by Crippen LogP contribution is -2.28. The summed E-state index contributed by atoms with van der Waals surface area (Å²) in [5.74, 6) is 1.99. The van der Waals surface area contributed by atoms with Gasteiger partial charge in [0, 0.05) is 17.1 Å².